The number of nitrogens with zero attached hydrogens (tertiary/aromatic N) is 1. The van der Waals surface area contributed by atoms with E-state index in [4.69, 9.17) is 10.5 Å². The smallest absolute Gasteiger partial charge is 0.119 e. The van der Waals surface area contributed by atoms with Gasteiger partial charge in [-0.2, -0.15) is 0 Å². The Bertz CT molecular complexity index is 375. The highest BCUT2D eigenvalue weighted by Gasteiger charge is 2.25. The minimum Gasteiger partial charge on any atom is -0.497 e. The summed E-state index contributed by atoms with van der Waals surface area (Å²) in [6.45, 7) is 0.653. The third kappa shape index (κ3) is 2.85. The highest BCUT2D eigenvalue weighted by molar-refractivity contribution is 5.30. The predicted molar refractivity (Wildman–Crippen MR) is 74.8 cm³/mol. The SMILES string of the molecule is COc1cccc(C(CN)N(C)C2CCCC2)c1. The van der Waals surface area contributed by atoms with Gasteiger partial charge in [-0.05, 0) is 37.6 Å². The molecule has 100 valence electrons. The summed E-state index contributed by atoms with van der Waals surface area (Å²) in [5.74, 6) is 0.908. The third-order valence-corrected chi connectivity index (χ3v) is 4.09. The molecule has 1 aromatic rings. The largest absolute Gasteiger partial charge is 0.497 e. The molecule has 0 aromatic heterocycles. The molecule has 1 atom stereocenters. The lowest BCUT2D eigenvalue weighted by Crippen LogP contribution is -2.37. The summed E-state index contributed by atoms with van der Waals surface area (Å²) >= 11 is 0. The highest BCUT2D eigenvalue weighted by atomic mass is 16.5. The molecule has 1 saturated carbocycles. The molecule has 0 heterocycles. The molecule has 1 aromatic carbocycles. The van der Waals surface area contributed by atoms with Crippen molar-refractivity contribution in [3.63, 3.8) is 0 Å². The van der Waals surface area contributed by atoms with Crippen molar-refractivity contribution in [3.8, 4) is 5.75 Å². The lowest BCUT2D eigenvalue weighted by Gasteiger charge is -2.32. The number of benzene rings is 1. The van der Waals surface area contributed by atoms with E-state index in [1.807, 2.05) is 12.1 Å². The Morgan fingerprint density at radius 2 is 2.11 bits per heavy atom. The predicted octanol–water partition coefficient (Wildman–Crippen LogP) is 2.57. The summed E-state index contributed by atoms with van der Waals surface area (Å²) in [7, 11) is 3.91. The maximum Gasteiger partial charge on any atom is 0.119 e. The van der Waals surface area contributed by atoms with E-state index in [0.717, 1.165) is 5.75 Å². The van der Waals surface area contributed by atoms with Crippen molar-refractivity contribution < 1.29 is 4.74 Å². The van der Waals surface area contributed by atoms with Gasteiger partial charge >= 0.3 is 0 Å². The van der Waals surface area contributed by atoms with Crippen LogP contribution >= 0.6 is 0 Å². The number of nitrogens with two attached hydrogens (primary N) is 1. The van der Waals surface area contributed by atoms with Gasteiger partial charge in [-0.15, -0.1) is 0 Å². The lowest BCUT2D eigenvalue weighted by molar-refractivity contribution is 0.179. The molecule has 1 unspecified atom stereocenters. The summed E-state index contributed by atoms with van der Waals surface area (Å²) in [5.41, 5.74) is 7.24. The normalized spacial score (nSPS) is 18.2. The Balaban J connectivity index is 2.15. The first-order valence-electron chi connectivity index (χ1n) is 6.82. The number of rotatable bonds is 5. The minimum atomic E-state index is 0.295. The average Bonchev–Trinajstić information content (AvgIpc) is 2.93. The standard InChI is InChI=1S/C15H24N2O/c1-17(13-7-3-4-8-13)15(11-16)12-6-5-9-14(10-12)18-2/h5-6,9-10,13,15H,3-4,7-8,11,16H2,1-2H3. The van der Waals surface area contributed by atoms with Crippen molar-refractivity contribution in [2.45, 2.75) is 37.8 Å². The Hall–Kier alpha value is -1.06. The fourth-order valence-electron chi connectivity index (χ4n) is 2.95. The monoisotopic (exact) mass is 248 g/mol. The zero-order valence-corrected chi connectivity index (χ0v) is 11.4. The quantitative estimate of drug-likeness (QED) is 0.870. The van der Waals surface area contributed by atoms with E-state index in [0.29, 0.717) is 18.6 Å². The van der Waals surface area contributed by atoms with Crippen LogP contribution in [0.25, 0.3) is 0 Å². The molecule has 0 saturated heterocycles. The topological polar surface area (TPSA) is 38.5 Å². The Kier molecular flexibility index (Phi) is 4.61. The number of likely N-dealkylation sites (N-methyl/N-ethyl adjacent to an activating group) is 1. The molecule has 18 heavy (non-hydrogen) atoms. The van der Waals surface area contributed by atoms with Gasteiger partial charge < -0.3 is 10.5 Å². The molecule has 0 spiro atoms. The van der Waals surface area contributed by atoms with Crippen LogP contribution in [0.1, 0.15) is 37.3 Å². The van der Waals surface area contributed by atoms with Crippen molar-refractivity contribution in [2.75, 3.05) is 20.7 Å². The van der Waals surface area contributed by atoms with Gasteiger partial charge in [0.15, 0.2) is 0 Å². The summed E-state index contributed by atoms with van der Waals surface area (Å²) in [6.07, 6.45) is 5.31. The lowest BCUT2D eigenvalue weighted by atomic mass is 10.0. The third-order valence-electron chi connectivity index (χ3n) is 4.09. The van der Waals surface area contributed by atoms with E-state index in [2.05, 4.69) is 24.1 Å². The van der Waals surface area contributed by atoms with Crippen LogP contribution < -0.4 is 10.5 Å². The van der Waals surface area contributed by atoms with Crippen LogP contribution in [0.4, 0.5) is 0 Å². The molecule has 1 aliphatic carbocycles. The van der Waals surface area contributed by atoms with Crippen LogP contribution in [-0.4, -0.2) is 31.6 Å². The van der Waals surface area contributed by atoms with E-state index in [1.165, 1.54) is 31.2 Å². The second-order valence-electron chi connectivity index (χ2n) is 5.13. The van der Waals surface area contributed by atoms with Gasteiger partial charge in [0.1, 0.15) is 5.75 Å². The second-order valence-corrected chi connectivity index (χ2v) is 5.13. The Morgan fingerprint density at radius 1 is 1.39 bits per heavy atom. The van der Waals surface area contributed by atoms with E-state index in [1.54, 1.807) is 7.11 Å². The van der Waals surface area contributed by atoms with Crippen LogP contribution in [0.3, 0.4) is 0 Å². The van der Waals surface area contributed by atoms with Gasteiger partial charge in [-0.25, -0.2) is 0 Å². The van der Waals surface area contributed by atoms with Crippen molar-refractivity contribution in [1.29, 1.82) is 0 Å². The molecule has 3 nitrogen and oxygen atoms in total. The van der Waals surface area contributed by atoms with Crippen molar-refractivity contribution in [1.82, 2.24) is 4.90 Å². The van der Waals surface area contributed by atoms with Crippen LogP contribution in [0.15, 0.2) is 24.3 Å². The van der Waals surface area contributed by atoms with Gasteiger partial charge in [0.05, 0.1) is 7.11 Å². The highest BCUT2D eigenvalue weighted by Crippen LogP contribution is 2.30. The van der Waals surface area contributed by atoms with E-state index >= 15 is 0 Å². The van der Waals surface area contributed by atoms with Gasteiger partial charge in [0.25, 0.3) is 0 Å². The Labute approximate surface area is 110 Å². The van der Waals surface area contributed by atoms with Crippen LogP contribution in [-0.2, 0) is 0 Å². The van der Waals surface area contributed by atoms with Gasteiger partial charge in [-0.3, -0.25) is 4.90 Å². The maximum atomic E-state index is 5.98. The first-order chi connectivity index (χ1) is 8.76. The first-order valence-corrected chi connectivity index (χ1v) is 6.82. The van der Waals surface area contributed by atoms with Crippen LogP contribution in [0, 0.1) is 0 Å². The molecule has 2 N–H and O–H groups in total. The van der Waals surface area contributed by atoms with E-state index in [-0.39, 0.29) is 0 Å². The molecule has 0 radical (unpaired) electrons. The van der Waals surface area contributed by atoms with Crippen LogP contribution in [0.5, 0.6) is 5.75 Å². The molecular weight excluding hydrogens is 224 g/mol. The fraction of sp³-hybridized carbons (Fsp3) is 0.600. The number of ether oxygens (including phenoxy) is 1. The molecule has 1 aliphatic rings. The molecule has 0 amide bonds. The van der Waals surface area contributed by atoms with Gasteiger partial charge in [0, 0.05) is 18.6 Å². The Morgan fingerprint density at radius 3 is 2.72 bits per heavy atom. The number of hydrogen-bond donors (Lipinski definition) is 1. The molecule has 3 heteroatoms. The molecule has 0 aliphatic heterocycles. The van der Waals surface area contributed by atoms with E-state index < -0.39 is 0 Å². The molecule has 1 fully saturated rings. The second kappa shape index (κ2) is 6.21. The zero-order chi connectivity index (χ0) is 13.0. The molecular formula is C15H24N2O. The summed E-state index contributed by atoms with van der Waals surface area (Å²) in [4.78, 5) is 2.45. The zero-order valence-electron chi connectivity index (χ0n) is 11.4. The van der Waals surface area contributed by atoms with Gasteiger partial charge in [-0.1, -0.05) is 25.0 Å². The number of hydrogen-bond acceptors (Lipinski definition) is 3. The molecule has 2 rings (SSSR count). The maximum absolute atomic E-state index is 5.98. The van der Waals surface area contributed by atoms with Crippen LogP contribution in [0.2, 0.25) is 0 Å². The fourth-order valence-corrected chi connectivity index (χ4v) is 2.95. The van der Waals surface area contributed by atoms with Gasteiger partial charge in [0.2, 0.25) is 0 Å². The van der Waals surface area contributed by atoms with Crippen molar-refractivity contribution in [2.24, 2.45) is 5.73 Å². The first kappa shape index (κ1) is 13.4. The summed E-state index contributed by atoms with van der Waals surface area (Å²) in [5, 5.41) is 0. The average molecular weight is 248 g/mol. The summed E-state index contributed by atoms with van der Waals surface area (Å²) < 4.78 is 5.30. The molecule has 0 bridgehead atoms. The summed E-state index contributed by atoms with van der Waals surface area (Å²) in [6, 6.07) is 9.24. The minimum absolute atomic E-state index is 0.295. The van der Waals surface area contributed by atoms with Crippen molar-refractivity contribution >= 4 is 0 Å². The van der Waals surface area contributed by atoms with E-state index in [9.17, 15) is 0 Å². The number of methoxy groups -OCH3 is 1. The van der Waals surface area contributed by atoms with Crippen molar-refractivity contribution in [3.05, 3.63) is 29.8 Å².